The fourth-order valence-electron chi connectivity index (χ4n) is 5.27. The van der Waals surface area contributed by atoms with Gasteiger partial charge in [-0.2, -0.15) is 13.2 Å². The molecule has 2 aromatic carbocycles. The lowest BCUT2D eigenvalue weighted by Gasteiger charge is -2.42. The van der Waals surface area contributed by atoms with Gasteiger partial charge in [0.15, 0.2) is 5.60 Å². The lowest BCUT2D eigenvalue weighted by molar-refractivity contribution is -0.259. The second kappa shape index (κ2) is 12.4. The molecule has 12 heteroatoms. The number of alkyl halides is 3. The minimum Gasteiger partial charge on any atom is -0.465 e. The van der Waals surface area contributed by atoms with Gasteiger partial charge < -0.3 is 24.4 Å². The van der Waals surface area contributed by atoms with Crippen LogP contribution < -0.4 is 15.3 Å². The number of amides is 1. The number of carbonyl (C=O) groups is 1. The molecule has 228 valence electrons. The Morgan fingerprint density at radius 3 is 1.98 bits per heavy atom. The molecule has 1 aliphatic rings. The number of benzene rings is 2. The van der Waals surface area contributed by atoms with E-state index in [4.69, 9.17) is 4.43 Å². The molecule has 3 aromatic rings. The summed E-state index contributed by atoms with van der Waals surface area (Å²) in [7, 11) is -2.85. The first-order valence-electron chi connectivity index (χ1n) is 13.8. The van der Waals surface area contributed by atoms with Crippen LogP contribution in [0.1, 0.15) is 33.3 Å². The van der Waals surface area contributed by atoms with Crippen molar-refractivity contribution in [1.29, 1.82) is 0 Å². The first-order valence-corrected chi connectivity index (χ1v) is 15.7. The standard InChI is InChI=1S/C31H35F3N4O4Si/c1-29(2,3)43(25-13-7-5-8-14-25,26-15-9-6-10-16-26)42-19-11-12-24-22-37(28(39)40)17-18-38(24)27-35-20-23(21-36-27)30(4,41)31(32,33)34/h5-10,13-16,20-21,24,41H,17-19,22H2,1-4H3,(H,39,40)/t24?,30-/m0/s1. The van der Waals surface area contributed by atoms with Gasteiger partial charge in [-0.3, -0.25) is 0 Å². The molecule has 0 aliphatic carbocycles. The summed E-state index contributed by atoms with van der Waals surface area (Å²) in [4.78, 5) is 22.8. The van der Waals surface area contributed by atoms with Gasteiger partial charge in [-0.15, -0.1) is 0 Å². The molecular weight excluding hydrogens is 577 g/mol. The van der Waals surface area contributed by atoms with Gasteiger partial charge in [-0.25, -0.2) is 14.8 Å². The van der Waals surface area contributed by atoms with Crippen LogP contribution in [-0.4, -0.2) is 78.0 Å². The third kappa shape index (κ3) is 6.54. The van der Waals surface area contributed by atoms with Gasteiger partial charge in [0.2, 0.25) is 5.95 Å². The molecule has 8 nitrogen and oxygen atoms in total. The number of aromatic nitrogens is 2. The molecule has 0 saturated carbocycles. The monoisotopic (exact) mass is 612 g/mol. The Morgan fingerprint density at radius 1 is 0.977 bits per heavy atom. The van der Waals surface area contributed by atoms with Crippen LogP contribution in [0.4, 0.5) is 23.9 Å². The van der Waals surface area contributed by atoms with Crippen molar-refractivity contribution < 1.29 is 32.6 Å². The summed E-state index contributed by atoms with van der Waals surface area (Å²) in [5.41, 5.74) is -3.63. The maximum absolute atomic E-state index is 13.3. The van der Waals surface area contributed by atoms with Crippen molar-refractivity contribution in [3.8, 4) is 11.8 Å². The highest BCUT2D eigenvalue weighted by Crippen LogP contribution is 2.38. The van der Waals surface area contributed by atoms with E-state index in [1.807, 2.05) is 36.4 Å². The number of carboxylic acid groups (broad SMARTS) is 1. The first-order chi connectivity index (χ1) is 20.2. The van der Waals surface area contributed by atoms with Gasteiger partial charge in [0, 0.05) is 31.0 Å². The first kappa shape index (κ1) is 32.0. The van der Waals surface area contributed by atoms with E-state index in [-0.39, 0.29) is 37.2 Å². The van der Waals surface area contributed by atoms with Crippen LogP contribution in [0.25, 0.3) is 0 Å². The fourth-order valence-corrected chi connectivity index (χ4v) is 9.71. The van der Waals surface area contributed by atoms with Crippen LogP contribution in [0.2, 0.25) is 5.04 Å². The number of rotatable bonds is 6. The minimum atomic E-state index is -4.91. The summed E-state index contributed by atoms with van der Waals surface area (Å²) in [5, 5.41) is 21.5. The molecule has 1 fully saturated rings. The Labute approximate surface area is 250 Å². The third-order valence-electron chi connectivity index (χ3n) is 7.71. The highest BCUT2D eigenvalue weighted by atomic mass is 28.4. The van der Waals surface area contributed by atoms with Gasteiger partial charge in [-0.1, -0.05) is 93.3 Å². The van der Waals surface area contributed by atoms with E-state index in [0.29, 0.717) is 6.92 Å². The lowest BCUT2D eigenvalue weighted by Crippen LogP contribution is -2.66. The van der Waals surface area contributed by atoms with Gasteiger partial charge in [0.05, 0.1) is 13.2 Å². The average molecular weight is 613 g/mol. The second-order valence-corrected chi connectivity index (χ2v) is 15.9. The van der Waals surface area contributed by atoms with Gasteiger partial charge in [0.1, 0.15) is 6.04 Å². The Kier molecular flexibility index (Phi) is 9.20. The molecule has 2 atom stereocenters. The Balaban J connectivity index is 1.64. The molecule has 0 radical (unpaired) electrons. The van der Waals surface area contributed by atoms with Crippen molar-refractivity contribution >= 4 is 30.7 Å². The average Bonchev–Trinajstić information content (AvgIpc) is 2.97. The molecule has 4 rings (SSSR count). The number of aliphatic hydroxyl groups is 1. The topological polar surface area (TPSA) is 99.0 Å². The summed E-state index contributed by atoms with van der Waals surface area (Å²) in [6.45, 7) is 7.49. The van der Waals surface area contributed by atoms with E-state index in [9.17, 15) is 28.2 Å². The van der Waals surface area contributed by atoms with Crippen LogP contribution in [0.5, 0.6) is 0 Å². The van der Waals surface area contributed by atoms with Crippen molar-refractivity contribution in [3.05, 3.63) is 78.6 Å². The maximum atomic E-state index is 13.3. The minimum absolute atomic E-state index is 0.0208. The zero-order valence-electron chi connectivity index (χ0n) is 24.5. The predicted octanol–water partition coefficient (Wildman–Crippen LogP) is 4.00. The van der Waals surface area contributed by atoms with Crippen molar-refractivity contribution in [1.82, 2.24) is 14.9 Å². The van der Waals surface area contributed by atoms with Gasteiger partial charge in [0.25, 0.3) is 8.32 Å². The van der Waals surface area contributed by atoms with Gasteiger partial charge >= 0.3 is 12.3 Å². The molecular formula is C31H35F3N4O4Si. The molecule has 0 spiro atoms. The third-order valence-corrected chi connectivity index (χ3v) is 12.7. The number of anilines is 1. The molecule has 1 saturated heterocycles. The molecule has 1 amide bonds. The Bertz CT molecular complexity index is 1410. The molecule has 43 heavy (non-hydrogen) atoms. The van der Waals surface area contributed by atoms with E-state index < -0.39 is 37.8 Å². The number of hydrogen-bond donors (Lipinski definition) is 2. The highest BCUT2D eigenvalue weighted by Gasteiger charge is 2.52. The van der Waals surface area contributed by atoms with Crippen LogP contribution >= 0.6 is 0 Å². The Hall–Kier alpha value is -3.92. The SMILES string of the molecule is CC(C)(C)[Si](OCC#CC1CN(C(=O)O)CCN1c1ncc([C@](C)(O)C(F)(F)F)cn1)(c1ccccc1)c1ccccc1. The van der Waals surface area contributed by atoms with Crippen LogP contribution in [0.3, 0.4) is 0 Å². The van der Waals surface area contributed by atoms with Crippen molar-refractivity contribution in [2.45, 2.75) is 50.6 Å². The normalized spacial score (nSPS) is 17.5. The zero-order valence-corrected chi connectivity index (χ0v) is 25.5. The van der Waals surface area contributed by atoms with Crippen molar-refractivity contribution in [2.24, 2.45) is 0 Å². The van der Waals surface area contributed by atoms with Gasteiger partial charge in [-0.05, 0) is 22.3 Å². The maximum Gasteiger partial charge on any atom is 0.421 e. The van der Waals surface area contributed by atoms with Crippen LogP contribution in [-0.2, 0) is 10.0 Å². The van der Waals surface area contributed by atoms with E-state index in [1.165, 1.54) is 4.90 Å². The largest absolute Gasteiger partial charge is 0.465 e. The van der Waals surface area contributed by atoms with Crippen LogP contribution in [0.15, 0.2) is 73.1 Å². The Morgan fingerprint density at radius 2 is 1.51 bits per heavy atom. The number of piperazine rings is 1. The molecule has 2 N–H and O–H groups in total. The lowest BCUT2D eigenvalue weighted by atomic mass is 9.99. The zero-order chi connectivity index (χ0) is 31.5. The number of nitrogens with zero attached hydrogens (tertiary/aromatic N) is 4. The van der Waals surface area contributed by atoms with E-state index in [0.717, 1.165) is 22.8 Å². The smallest absolute Gasteiger partial charge is 0.421 e. The quantitative estimate of drug-likeness (QED) is 0.321. The van der Waals surface area contributed by atoms with E-state index in [1.54, 1.807) is 4.90 Å². The van der Waals surface area contributed by atoms with E-state index >= 15 is 0 Å². The summed E-state index contributed by atoms with van der Waals surface area (Å²) >= 11 is 0. The van der Waals surface area contributed by atoms with E-state index in [2.05, 4.69) is 66.8 Å². The number of halogens is 3. The summed E-state index contributed by atoms with van der Waals surface area (Å²) in [5.74, 6) is 6.29. The fraction of sp³-hybridized carbons (Fsp3) is 0.387. The van der Waals surface area contributed by atoms with Crippen LogP contribution in [0, 0.1) is 11.8 Å². The van der Waals surface area contributed by atoms with Crippen molar-refractivity contribution in [3.63, 3.8) is 0 Å². The highest BCUT2D eigenvalue weighted by molar-refractivity contribution is 6.99. The summed E-state index contributed by atoms with van der Waals surface area (Å²) < 4.78 is 46.7. The second-order valence-electron chi connectivity index (χ2n) is 11.6. The predicted molar refractivity (Wildman–Crippen MR) is 160 cm³/mol. The molecule has 0 bridgehead atoms. The molecule has 1 aliphatic heterocycles. The molecule has 1 aromatic heterocycles. The number of hydrogen-bond acceptors (Lipinski definition) is 6. The molecule has 2 heterocycles. The summed E-state index contributed by atoms with van der Waals surface area (Å²) in [6, 6.07) is 19.5. The van der Waals surface area contributed by atoms with Crippen molar-refractivity contribution in [2.75, 3.05) is 31.1 Å². The summed E-state index contributed by atoms with van der Waals surface area (Å²) in [6.07, 6.45) is -4.16. The molecule has 1 unspecified atom stereocenters.